The minimum absolute atomic E-state index is 0.519. The Labute approximate surface area is 133 Å². The lowest BCUT2D eigenvalue weighted by Gasteiger charge is -2.11. The maximum absolute atomic E-state index is 5.94. The maximum Gasteiger partial charge on any atom is 0.171 e. The quantitative estimate of drug-likeness (QED) is 0.588. The van der Waals surface area contributed by atoms with E-state index >= 15 is 0 Å². The molecule has 0 amide bonds. The van der Waals surface area contributed by atoms with E-state index in [-0.39, 0.29) is 0 Å². The molecular weight excluding hydrogens is 313 g/mol. The molecule has 0 heterocycles. The number of anilines is 2. The van der Waals surface area contributed by atoms with E-state index in [0.717, 1.165) is 11.3 Å². The Balaban J connectivity index is 1.90. The molecule has 0 spiro atoms. The molecule has 4 N–H and O–H groups in total. The van der Waals surface area contributed by atoms with Crippen molar-refractivity contribution in [1.29, 1.82) is 0 Å². The fourth-order valence-corrected chi connectivity index (χ4v) is 2.40. The highest BCUT2D eigenvalue weighted by molar-refractivity contribution is 7.80. The van der Waals surface area contributed by atoms with Crippen LogP contribution in [-0.4, -0.2) is 5.11 Å². The minimum Gasteiger partial charge on any atom is -0.399 e. The zero-order valence-electron chi connectivity index (χ0n) is 10.5. The molecule has 0 saturated heterocycles. The molecule has 104 valence electrons. The molecule has 0 aromatic heterocycles. The summed E-state index contributed by atoms with van der Waals surface area (Å²) >= 11 is 17.1. The van der Waals surface area contributed by atoms with Crippen molar-refractivity contribution in [3.63, 3.8) is 0 Å². The summed E-state index contributed by atoms with van der Waals surface area (Å²) in [4.78, 5) is 0. The Bertz CT molecular complexity index is 594. The van der Waals surface area contributed by atoms with Crippen LogP contribution in [0.15, 0.2) is 42.5 Å². The maximum atomic E-state index is 5.94. The summed E-state index contributed by atoms with van der Waals surface area (Å²) in [6, 6.07) is 12.7. The van der Waals surface area contributed by atoms with Gasteiger partial charge in [-0.25, -0.2) is 0 Å². The Morgan fingerprint density at radius 1 is 1.05 bits per heavy atom. The molecule has 20 heavy (non-hydrogen) atoms. The van der Waals surface area contributed by atoms with Gasteiger partial charge < -0.3 is 16.4 Å². The number of nitrogens with one attached hydrogen (secondary N) is 2. The summed E-state index contributed by atoms with van der Waals surface area (Å²) in [5.41, 5.74) is 8.17. The topological polar surface area (TPSA) is 50.1 Å². The van der Waals surface area contributed by atoms with Gasteiger partial charge in [0.25, 0.3) is 0 Å². The summed E-state index contributed by atoms with van der Waals surface area (Å²) < 4.78 is 0. The van der Waals surface area contributed by atoms with Crippen molar-refractivity contribution >= 4 is 51.9 Å². The van der Waals surface area contributed by atoms with Crippen LogP contribution >= 0.6 is 35.4 Å². The van der Waals surface area contributed by atoms with Crippen LogP contribution < -0.4 is 16.4 Å². The van der Waals surface area contributed by atoms with Crippen LogP contribution in [0, 0.1) is 0 Å². The van der Waals surface area contributed by atoms with Gasteiger partial charge in [-0.3, -0.25) is 0 Å². The molecule has 0 radical (unpaired) electrons. The van der Waals surface area contributed by atoms with E-state index in [1.807, 2.05) is 36.4 Å². The van der Waals surface area contributed by atoms with Gasteiger partial charge in [-0.2, -0.15) is 0 Å². The van der Waals surface area contributed by atoms with E-state index in [1.54, 1.807) is 6.07 Å². The van der Waals surface area contributed by atoms with Crippen molar-refractivity contribution in [1.82, 2.24) is 5.32 Å². The number of thiocarbonyl (C=S) groups is 1. The monoisotopic (exact) mass is 325 g/mol. The minimum atomic E-state index is 0.519. The lowest BCUT2D eigenvalue weighted by Crippen LogP contribution is -2.27. The summed E-state index contributed by atoms with van der Waals surface area (Å²) in [6.45, 7) is 0.543. The largest absolute Gasteiger partial charge is 0.399 e. The normalized spacial score (nSPS) is 10.1. The van der Waals surface area contributed by atoms with E-state index in [4.69, 9.17) is 41.2 Å². The fourth-order valence-electron chi connectivity index (χ4n) is 1.64. The first kappa shape index (κ1) is 14.9. The Morgan fingerprint density at radius 2 is 1.65 bits per heavy atom. The number of rotatable bonds is 3. The van der Waals surface area contributed by atoms with Crippen LogP contribution in [0.3, 0.4) is 0 Å². The van der Waals surface area contributed by atoms with E-state index < -0.39 is 0 Å². The van der Waals surface area contributed by atoms with Crippen LogP contribution in [0.2, 0.25) is 10.0 Å². The van der Waals surface area contributed by atoms with Gasteiger partial charge in [-0.05, 0) is 60.2 Å². The van der Waals surface area contributed by atoms with Gasteiger partial charge in [-0.1, -0.05) is 23.2 Å². The van der Waals surface area contributed by atoms with Gasteiger partial charge in [0.2, 0.25) is 0 Å². The second kappa shape index (κ2) is 6.79. The van der Waals surface area contributed by atoms with Crippen molar-refractivity contribution in [3.05, 3.63) is 58.1 Å². The van der Waals surface area contributed by atoms with Gasteiger partial charge in [0.15, 0.2) is 5.11 Å². The first-order valence-electron chi connectivity index (χ1n) is 5.88. The molecule has 0 bridgehead atoms. The second-order valence-electron chi connectivity index (χ2n) is 4.21. The number of benzene rings is 2. The van der Waals surface area contributed by atoms with E-state index in [0.29, 0.717) is 27.4 Å². The van der Waals surface area contributed by atoms with Gasteiger partial charge in [0.05, 0.1) is 0 Å². The van der Waals surface area contributed by atoms with Gasteiger partial charge >= 0.3 is 0 Å². The van der Waals surface area contributed by atoms with Crippen molar-refractivity contribution in [2.24, 2.45) is 0 Å². The van der Waals surface area contributed by atoms with E-state index in [9.17, 15) is 0 Å². The van der Waals surface area contributed by atoms with Crippen LogP contribution in [0.25, 0.3) is 0 Å². The van der Waals surface area contributed by atoms with Crippen LogP contribution in [-0.2, 0) is 6.54 Å². The lowest BCUT2D eigenvalue weighted by atomic mass is 10.2. The highest BCUT2D eigenvalue weighted by Crippen LogP contribution is 2.19. The van der Waals surface area contributed by atoms with E-state index in [1.165, 1.54) is 0 Å². The summed E-state index contributed by atoms with van der Waals surface area (Å²) in [6.07, 6.45) is 0. The second-order valence-corrected chi connectivity index (χ2v) is 5.49. The predicted octanol–water partition coefficient (Wildman–Crippen LogP) is 4.06. The molecule has 0 fully saturated rings. The molecule has 0 aliphatic heterocycles. The first-order chi connectivity index (χ1) is 9.52. The lowest BCUT2D eigenvalue weighted by molar-refractivity contribution is 0.926. The standard InChI is InChI=1S/C14H13Cl2N3S/c15-10-5-9(6-11(16)7-10)8-18-14(20)19-13-3-1-12(17)2-4-13/h1-7H,8,17H2,(H2,18,19,20). The van der Waals surface area contributed by atoms with Gasteiger partial charge in [-0.15, -0.1) is 0 Å². The molecule has 0 atom stereocenters. The molecule has 6 heteroatoms. The molecule has 0 aliphatic carbocycles. The molecule has 0 aliphatic rings. The smallest absolute Gasteiger partial charge is 0.171 e. The molecular formula is C14H13Cl2N3S. The van der Waals surface area contributed by atoms with Gasteiger partial charge in [0.1, 0.15) is 0 Å². The first-order valence-corrected chi connectivity index (χ1v) is 7.05. The van der Waals surface area contributed by atoms with Crippen molar-refractivity contribution in [3.8, 4) is 0 Å². The summed E-state index contributed by atoms with van der Waals surface area (Å²) in [7, 11) is 0. The summed E-state index contributed by atoms with van der Waals surface area (Å²) in [5.74, 6) is 0. The van der Waals surface area contributed by atoms with Crippen molar-refractivity contribution < 1.29 is 0 Å². The SMILES string of the molecule is Nc1ccc(NC(=S)NCc2cc(Cl)cc(Cl)c2)cc1. The Morgan fingerprint density at radius 3 is 2.25 bits per heavy atom. The molecule has 0 saturated carbocycles. The van der Waals surface area contributed by atoms with Crippen LogP contribution in [0.1, 0.15) is 5.56 Å². The van der Waals surface area contributed by atoms with E-state index in [2.05, 4.69) is 10.6 Å². The number of halogens is 2. The molecule has 2 aromatic carbocycles. The molecule has 2 rings (SSSR count). The number of nitrogens with two attached hydrogens (primary N) is 1. The average Bonchev–Trinajstić information content (AvgIpc) is 2.38. The Kier molecular flexibility index (Phi) is 5.06. The molecule has 3 nitrogen and oxygen atoms in total. The fraction of sp³-hybridized carbons (Fsp3) is 0.0714. The van der Waals surface area contributed by atoms with Crippen LogP contribution in [0.5, 0.6) is 0 Å². The average molecular weight is 326 g/mol. The highest BCUT2D eigenvalue weighted by atomic mass is 35.5. The van der Waals surface area contributed by atoms with Crippen LogP contribution in [0.4, 0.5) is 11.4 Å². The third kappa shape index (κ3) is 4.56. The van der Waals surface area contributed by atoms with Crippen molar-refractivity contribution in [2.75, 3.05) is 11.1 Å². The third-order valence-electron chi connectivity index (χ3n) is 2.54. The number of hydrogen-bond donors (Lipinski definition) is 3. The molecule has 2 aromatic rings. The predicted molar refractivity (Wildman–Crippen MR) is 90.4 cm³/mol. The zero-order chi connectivity index (χ0) is 14.5. The number of hydrogen-bond acceptors (Lipinski definition) is 2. The number of nitrogen functional groups attached to an aromatic ring is 1. The third-order valence-corrected chi connectivity index (χ3v) is 3.23. The summed E-state index contributed by atoms with van der Waals surface area (Å²) in [5, 5.41) is 7.88. The Hall–Kier alpha value is -1.49. The highest BCUT2D eigenvalue weighted by Gasteiger charge is 2.01. The van der Waals surface area contributed by atoms with Crippen molar-refractivity contribution in [2.45, 2.75) is 6.54 Å². The van der Waals surface area contributed by atoms with Gasteiger partial charge in [0, 0.05) is 28.0 Å². The molecule has 0 unspecified atom stereocenters. The zero-order valence-corrected chi connectivity index (χ0v) is 12.8.